The van der Waals surface area contributed by atoms with E-state index in [0.29, 0.717) is 29.4 Å². The van der Waals surface area contributed by atoms with Gasteiger partial charge in [-0.15, -0.1) is 0 Å². The Kier molecular flexibility index (Phi) is 4.87. The fourth-order valence-corrected chi connectivity index (χ4v) is 6.32. The monoisotopic (exact) mass is 348 g/mol. The fourth-order valence-electron chi connectivity index (χ4n) is 6.32. The third-order valence-corrected chi connectivity index (χ3v) is 7.86. The van der Waals surface area contributed by atoms with E-state index in [1.54, 1.807) is 0 Å². The first kappa shape index (κ1) is 17.8. The van der Waals surface area contributed by atoms with Gasteiger partial charge >= 0.3 is 0 Å². The number of nitrogens with one attached hydrogen (secondary N) is 1. The molecule has 3 atom stereocenters. The van der Waals surface area contributed by atoms with Gasteiger partial charge in [0.15, 0.2) is 0 Å². The van der Waals surface area contributed by atoms with Gasteiger partial charge in [0.1, 0.15) is 0 Å². The first-order chi connectivity index (χ1) is 12.2. The molecule has 1 aliphatic heterocycles. The van der Waals surface area contributed by atoms with E-state index >= 15 is 0 Å². The standard InChI is InChI=1S/C21H36N2O2/c1-3-13-23(19(24)16-15-20(16)9-11-22-12-10-20)17-14-18(25-4-2)21(17)7-5-6-8-21/h16-18,22H,3-15H2,1-2H3. The predicted octanol–water partition coefficient (Wildman–Crippen LogP) is 3.35. The molecule has 0 aromatic rings. The van der Waals surface area contributed by atoms with E-state index in [1.807, 2.05) is 0 Å². The van der Waals surface area contributed by atoms with E-state index in [1.165, 1.54) is 38.5 Å². The molecule has 25 heavy (non-hydrogen) atoms. The summed E-state index contributed by atoms with van der Waals surface area (Å²) in [5.41, 5.74) is 0.622. The molecule has 1 N–H and O–H groups in total. The Morgan fingerprint density at radius 2 is 1.88 bits per heavy atom. The predicted molar refractivity (Wildman–Crippen MR) is 99.4 cm³/mol. The van der Waals surface area contributed by atoms with Crippen LogP contribution >= 0.6 is 0 Å². The van der Waals surface area contributed by atoms with Crippen LogP contribution in [0.1, 0.15) is 71.6 Å². The van der Waals surface area contributed by atoms with Crippen molar-refractivity contribution in [3.63, 3.8) is 0 Å². The topological polar surface area (TPSA) is 41.6 Å². The van der Waals surface area contributed by atoms with Crippen molar-refractivity contribution in [3.8, 4) is 0 Å². The van der Waals surface area contributed by atoms with E-state index < -0.39 is 0 Å². The van der Waals surface area contributed by atoms with Crippen LogP contribution in [-0.2, 0) is 9.53 Å². The maximum Gasteiger partial charge on any atom is 0.226 e. The van der Waals surface area contributed by atoms with Crippen molar-refractivity contribution < 1.29 is 9.53 Å². The zero-order valence-electron chi connectivity index (χ0n) is 16.2. The highest BCUT2D eigenvalue weighted by Crippen LogP contribution is 2.61. The third-order valence-electron chi connectivity index (χ3n) is 7.86. The van der Waals surface area contributed by atoms with E-state index in [-0.39, 0.29) is 5.41 Å². The number of hydrogen-bond acceptors (Lipinski definition) is 3. The molecule has 4 heteroatoms. The molecule has 4 aliphatic rings. The number of carbonyl (C=O) groups excluding carboxylic acids is 1. The molecule has 1 saturated heterocycles. The first-order valence-electron chi connectivity index (χ1n) is 10.8. The van der Waals surface area contributed by atoms with Gasteiger partial charge in [0.2, 0.25) is 5.91 Å². The summed E-state index contributed by atoms with van der Waals surface area (Å²) in [7, 11) is 0. The van der Waals surface area contributed by atoms with Gasteiger partial charge in [-0.2, -0.15) is 0 Å². The second-order valence-electron chi connectivity index (χ2n) is 9.04. The molecule has 0 aromatic carbocycles. The normalized spacial score (nSPS) is 34.9. The number of ether oxygens (including phenoxy) is 1. The van der Waals surface area contributed by atoms with Crippen molar-refractivity contribution in [1.82, 2.24) is 10.2 Å². The van der Waals surface area contributed by atoms with E-state index in [0.717, 1.165) is 45.5 Å². The third kappa shape index (κ3) is 2.84. The van der Waals surface area contributed by atoms with Crippen LogP contribution in [0.25, 0.3) is 0 Å². The van der Waals surface area contributed by atoms with Crippen molar-refractivity contribution in [1.29, 1.82) is 0 Å². The minimum atomic E-state index is 0.275. The molecule has 3 aliphatic carbocycles. The molecule has 3 saturated carbocycles. The number of piperidine rings is 1. The molecule has 4 fully saturated rings. The van der Waals surface area contributed by atoms with E-state index in [9.17, 15) is 4.79 Å². The maximum atomic E-state index is 13.5. The zero-order valence-corrected chi connectivity index (χ0v) is 16.2. The van der Waals surface area contributed by atoms with Crippen molar-refractivity contribution in [2.24, 2.45) is 16.7 Å². The first-order valence-corrected chi connectivity index (χ1v) is 10.8. The number of nitrogens with zero attached hydrogens (tertiary/aromatic N) is 1. The van der Waals surface area contributed by atoms with Gasteiger partial charge in [-0.25, -0.2) is 0 Å². The van der Waals surface area contributed by atoms with Crippen LogP contribution in [0.15, 0.2) is 0 Å². The van der Waals surface area contributed by atoms with Crippen LogP contribution in [0.4, 0.5) is 0 Å². The lowest BCUT2D eigenvalue weighted by atomic mass is 9.59. The molecule has 0 radical (unpaired) electrons. The Morgan fingerprint density at radius 3 is 2.52 bits per heavy atom. The highest BCUT2D eigenvalue weighted by atomic mass is 16.5. The van der Waals surface area contributed by atoms with Crippen LogP contribution in [0.3, 0.4) is 0 Å². The van der Waals surface area contributed by atoms with Crippen molar-refractivity contribution in [3.05, 3.63) is 0 Å². The summed E-state index contributed by atoms with van der Waals surface area (Å²) in [5, 5.41) is 3.46. The second kappa shape index (κ2) is 6.84. The zero-order chi connectivity index (χ0) is 17.5. The molecule has 2 spiro atoms. The van der Waals surface area contributed by atoms with E-state index in [4.69, 9.17) is 4.74 Å². The Labute approximate surface area is 153 Å². The number of amides is 1. The fraction of sp³-hybridized carbons (Fsp3) is 0.952. The van der Waals surface area contributed by atoms with Crippen LogP contribution in [0, 0.1) is 16.7 Å². The summed E-state index contributed by atoms with van der Waals surface area (Å²) in [6, 6.07) is 0.443. The van der Waals surface area contributed by atoms with Crippen molar-refractivity contribution in [2.75, 3.05) is 26.2 Å². The summed E-state index contributed by atoms with van der Waals surface area (Å²) in [5.74, 6) is 0.792. The van der Waals surface area contributed by atoms with E-state index in [2.05, 4.69) is 24.1 Å². The second-order valence-corrected chi connectivity index (χ2v) is 9.04. The van der Waals surface area contributed by atoms with Crippen LogP contribution in [0.5, 0.6) is 0 Å². The maximum absolute atomic E-state index is 13.5. The van der Waals surface area contributed by atoms with Gasteiger partial charge in [-0.05, 0) is 70.4 Å². The molecule has 0 aromatic heterocycles. The van der Waals surface area contributed by atoms with Gasteiger partial charge in [0, 0.05) is 30.5 Å². The van der Waals surface area contributed by atoms with Crippen molar-refractivity contribution in [2.45, 2.75) is 83.8 Å². The van der Waals surface area contributed by atoms with Gasteiger partial charge in [-0.1, -0.05) is 19.8 Å². The summed E-state index contributed by atoms with van der Waals surface area (Å²) in [6.45, 7) is 8.26. The molecule has 0 bridgehead atoms. The lowest BCUT2D eigenvalue weighted by molar-refractivity contribution is -0.177. The summed E-state index contributed by atoms with van der Waals surface area (Å²) in [4.78, 5) is 15.8. The van der Waals surface area contributed by atoms with Gasteiger partial charge in [0.25, 0.3) is 0 Å². The summed E-state index contributed by atoms with van der Waals surface area (Å²) in [6.07, 6.45) is 11.2. The average molecular weight is 349 g/mol. The quantitative estimate of drug-likeness (QED) is 0.800. The van der Waals surface area contributed by atoms with Gasteiger partial charge < -0.3 is 15.0 Å². The summed E-state index contributed by atoms with van der Waals surface area (Å²) < 4.78 is 6.09. The SMILES string of the molecule is CCCN(C(=O)C1CC12CCNCC2)C1CC(OCC)C12CCCC2. The Hall–Kier alpha value is -0.610. The molecule has 1 heterocycles. The lowest BCUT2D eigenvalue weighted by Gasteiger charge is -2.58. The lowest BCUT2D eigenvalue weighted by Crippen LogP contribution is -2.65. The molecule has 3 unspecified atom stereocenters. The van der Waals surface area contributed by atoms with Gasteiger partial charge in [-0.3, -0.25) is 4.79 Å². The molecule has 142 valence electrons. The molecule has 4 nitrogen and oxygen atoms in total. The largest absolute Gasteiger partial charge is 0.378 e. The molecule has 1 amide bonds. The Balaban J connectivity index is 1.49. The highest BCUT2D eigenvalue weighted by molar-refractivity contribution is 5.83. The van der Waals surface area contributed by atoms with Crippen LogP contribution < -0.4 is 5.32 Å². The molecule has 4 rings (SSSR count). The minimum Gasteiger partial charge on any atom is -0.378 e. The van der Waals surface area contributed by atoms with Gasteiger partial charge in [0.05, 0.1) is 6.10 Å². The van der Waals surface area contributed by atoms with Crippen LogP contribution in [0.2, 0.25) is 0 Å². The van der Waals surface area contributed by atoms with Crippen LogP contribution in [-0.4, -0.2) is 49.2 Å². The number of rotatable bonds is 6. The molecular weight excluding hydrogens is 312 g/mol. The molecular formula is C21H36N2O2. The Morgan fingerprint density at radius 1 is 1.16 bits per heavy atom. The summed E-state index contributed by atoms with van der Waals surface area (Å²) >= 11 is 0. The van der Waals surface area contributed by atoms with Crippen molar-refractivity contribution >= 4 is 5.91 Å². The smallest absolute Gasteiger partial charge is 0.226 e. The minimum absolute atomic E-state index is 0.275. The average Bonchev–Trinajstić information content (AvgIpc) is 3.08. The Bertz CT molecular complexity index is 494. The highest BCUT2D eigenvalue weighted by Gasteiger charge is 2.63. The number of carbonyl (C=O) groups is 1. The number of hydrogen-bond donors (Lipinski definition) is 1.